The second kappa shape index (κ2) is 6.96. The molecular formula is C18H22N2O3. The number of aromatic nitrogens is 1. The summed E-state index contributed by atoms with van der Waals surface area (Å²) >= 11 is 0. The monoisotopic (exact) mass is 314 g/mol. The van der Waals surface area contributed by atoms with Gasteiger partial charge in [0, 0.05) is 32.2 Å². The summed E-state index contributed by atoms with van der Waals surface area (Å²) in [4.78, 5) is 14.4. The molecule has 0 saturated carbocycles. The smallest absolute Gasteiger partial charge is 0.276 e. The molecule has 1 aliphatic heterocycles. The van der Waals surface area contributed by atoms with E-state index in [2.05, 4.69) is 17.3 Å². The zero-order valence-electron chi connectivity index (χ0n) is 13.6. The Morgan fingerprint density at radius 2 is 2.17 bits per heavy atom. The van der Waals surface area contributed by atoms with Gasteiger partial charge < -0.3 is 14.2 Å². The van der Waals surface area contributed by atoms with Crippen LogP contribution in [0.25, 0.3) is 0 Å². The molecule has 0 spiro atoms. The maximum Gasteiger partial charge on any atom is 0.276 e. The van der Waals surface area contributed by atoms with Crippen LogP contribution in [0.5, 0.6) is 0 Å². The molecule has 1 fully saturated rings. The summed E-state index contributed by atoms with van der Waals surface area (Å²) in [5.41, 5.74) is 1.66. The van der Waals surface area contributed by atoms with Crippen LogP contribution in [0, 0.1) is 12.8 Å². The fourth-order valence-corrected chi connectivity index (χ4v) is 3.25. The van der Waals surface area contributed by atoms with E-state index >= 15 is 0 Å². The number of hydrogen-bond acceptors (Lipinski definition) is 4. The largest absolute Gasteiger partial charge is 0.381 e. The van der Waals surface area contributed by atoms with E-state index < -0.39 is 0 Å². The van der Waals surface area contributed by atoms with Crippen LogP contribution in [0.2, 0.25) is 0 Å². The van der Waals surface area contributed by atoms with Crippen LogP contribution in [0.15, 0.2) is 40.9 Å². The molecule has 0 bridgehead atoms. The van der Waals surface area contributed by atoms with Gasteiger partial charge in [-0.25, -0.2) is 0 Å². The lowest BCUT2D eigenvalue weighted by molar-refractivity contribution is -0.00327. The zero-order chi connectivity index (χ0) is 16.2. The SMILES string of the molecule is CO[C@H]1CCN(C(=O)c2cc(C)on2)C[C@@H]1Cc1ccccc1. The number of piperidine rings is 1. The molecule has 0 unspecified atom stereocenters. The highest BCUT2D eigenvalue weighted by molar-refractivity contribution is 5.92. The normalized spacial score (nSPS) is 21.4. The molecule has 2 heterocycles. The molecule has 1 amide bonds. The number of rotatable bonds is 4. The highest BCUT2D eigenvalue weighted by atomic mass is 16.5. The number of likely N-dealkylation sites (tertiary alicyclic amines) is 1. The lowest BCUT2D eigenvalue weighted by atomic mass is 9.88. The first-order chi connectivity index (χ1) is 11.2. The Balaban J connectivity index is 1.71. The minimum atomic E-state index is -0.0607. The van der Waals surface area contributed by atoms with Gasteiger partial charge in [-0.2, -0.15) is 0 Å². The van der Waals surface area contributed by atoms with Crippen LogP contribution in [0.1, 0.15) is 28.2 Å². The van der Waals surface area contributed by atoms with Crippen molar-refractivity contribution in [3.05, 3.63) is 53.4 Å². The molecule has 1 aromatic carbocycles. The van der Waals surface area contributed by atoms with Crippen molar-refractivity contribution in [1.82, 2.24) is 10.1 Å². The predicted octanol–water partition coefficient (Wildman–Crippen LogP) is 2.70. The maximum absolute atomic E-state index is 12.6. The number of nitrogens with zero attached hydrogens (tertiary/aromatic N) is 2. The number of ether oxygens (including phenoxy) is 1. The number of aryl methyl sites for hydroxylation is 1. The number of carbonyl (C=O) groups is 1. The fraction of sp³-hybridized carbons (Fsp3) is 0.444. The van der Waals surface area contributed by atoms with Crippen molar-refractivity contribution < 1.29 is 14.1 Å². The van der Waals surface area contributed by atoms with E-state index in [0.717, 1.165) is 12.8 Å². The fourth-order valence-electron chi connectivity index (χ4n) is 3.25. The van der Waals surface area contributed by atoms with E-state index in [0.29, 0.717) is 24.5 Å². The third kappa shape index (κ3) is 3.62. The second-order valence-corrected chi connectivity index (χ2v) is 6.09. The van der Waals surface area contributed by atoms with Crippen molar-refractivity contribution in [3.63, 3.8) is 0 Å². The molecular weight excluding hydrogens is 292 g/mol. The quantitative estimate of drug-likeness (QED) is 0.870. The number of hydrogen-bond donors (Lipinski definition) is 0. The molecule has 2 atom stereocenters. The minimum Gasteiger partial charge on any atom is -0.381 e. The van der Waals surface area contributed by atoms with Crippen LogP contribution in [0.4, 0.5) is 0 Å². The molecule has 0 aliphatic carbocycles. The topological polar surface area (TPSA) is 55.6 Å². The average Bonchev–Trinajstić information content (AvgIpc) is 3.01. The zero-order valence-corrected chi connectivity index (χ0v) is 13.6. The first kappa shape index (κ1) is 15.7. The summed E-state index contributed by atoms with van der Waals surface area (Å²) in [6.45, 7) is 3.16. The summed E-state index contributed by atoms with van der Waals surface area (Å²) < 4.78 is 10.7. The van der Waals surface area contributed by atoms with E-state index in [4.69, 9.17) is 9.26 Å². The van der Waals surface area contributed by atoms with Crippen LogP contribution in [-0.2, 0) is 11.2 Å². The lowest BCUT2D eigenvalue weighted by Crippen LogP contribution is -2.47. The molecule has 23 heavy (non-hydrogen) atoms. The van der Waals surface area contributed by atoms with Crippen molar-refractivity contribution in [2.75, 3.05) is 20.2 Å². The standard InChI is InChI=1S/C18H22N2O3/c1-13-10-16(19-23-13)18(21)20-9-8-17(22-2)15(12-20)11-14-6-4-3-5-7-14/h3-7,10,15,17H,8-9,11-12H2,1-2H3/t15-,17-/m0/s1. The number of amides is 1. The molecule has 1 aliphatic rings. The number of methoxy groups -OCH3 is 1. The molecule has 2 aromatic rings. The van der Waals surface area contributed by atoms with Crippen LogP contribution in [0.3, 0.4) is 0 Å². The van der Waals surface area contributed by atoms with E-state index in [1.54, 1.807) is 20.1 Å². The Kier molecular flexibility index (Phi) is 4.76. The Labute approximate surface area is 136 Å². The van der Waals surface area contributed by atoms with Gasteiger partial charge in [-0.15, -0.1) is 0 Å². The van der Waals surface area contributed by atoms with Gasteiger partial charge >= 0.3 is 0 Å². The third-order valence-corrected chi connectivity index (χ3v) is 4.44. The van der Waals surface area contributed by atoms with Gasteiger partial charge in [-0.05, 0) is 25.3 Å². The lowest BCUT2D eigenvalue weighted by Gasteiger charge is -2.37. The summed E-state index contributed by atoms with van der Waals surface area (Å²) in [6, 6.07) is 12.0. The Hall–Kier alpha value is -2.14. The molecule has 5 heteroatoms. The van der Waals surface area contributed by atoms with Crippen molar-refractivity contribution in [1.29, 1.82) is 0 Å². The highest BCUT2D eigenvalue weighted by Gasteiger charge is 2.32. The average molecular weight is 314 g/mol. The predicted molar refractivity (Wildman–Crippen MR) is 86.2 cm³/mol. The summed E-state index contributed by atoms with van der Waals surface area (Å²) in [7, 11) is 1.75. The van der Waals surface area contributed by atoms with Crippen molar-refractivity contribution in [2.24, 2.45) is 5.92 Å². The molecule has 0 radical (unpaired) electrons. The molecule has 122 valence electrons. The van der Waals surface area contributed by atoms with E-state index in [1.807, 2.05) is 23.1 Å². The summed E-state index contributed by atoms with van der Waals surface area (Å²) in [5.74, 6) is 0.878. The van der Waals surface area contributed by atoms with E-state index in [9.17, 15) is 4.79 Å². The van der Waals surface area contributed by atoms with Gasteiger partial charge in [-0.3, -0.25) is 4.79 Å². The first-order valence-electron chi connectivity index (χ1n) is 7.96. The van der Waals surface area contributed by atoms with Crippen LogP contribution >= 0.6 is 0 Å². The summed E-state index contributed by atoms with van der Waals surface area (Å²) in [6.07, 6.45) is 1.93. The molecule has 3 rings (SSSR count). The van der Waals surface area contributed by atoms with Gasteiger partial charge in [0.25, 0.3) is 5.91 Å². The van der Waals surface area contributed by atoms with Gasteiger partial charge in [0.15, 0.2) is 5.69 Å². The second-order valence-electron chi connectivity index (χ2n) is 6.09. The van der Waals surface area contributed by atoms with Crippen LogP contribution in [-0.4, -0.2) is 42.3 Å². The molecule has 1 aromatic heterocycles. The minimum absolute atomic E-state index is 0.0607. The van der Waals surface area contributed by atoms with E-state index in [-0.39, 0.29) is 17.9 Å². The Morgan fingerprint density at radius 1 is 1.39 bits per heavy atom. The molecule has 1 saturated heterocycles. The third-order valence-electron chi connectivity index (χ3n) is 4.44. The van der Waals surface area contributed by atoms with Gasteiger partial charge in [0.2, 0.25) is 0 Å². The van der Waals surface area contributed by atoms with Crippen molar-refractivity contribution in [2.45, 2.75) is 25.9 Å². The van der Waals surface area contributed by atoms with Gasteiger partial charge in [-0.1, -0.05) is 35.5 Å². The Morgan fingerprint density at radius 3 is 2.83 bits per heavy atom. The van der Waals surface area contributed by atoms with Crippen molar-refractivity contribution >= 4 is 5.91 Å². The van der Waals surface area contributed by atoms with Gasteiger partial charge in [0.05, 0.1) is 6.10 Å². The molecule has 0 N–H and O–H groups in total. The summed E-state index contributed by atoms with van der Waals surface area (Å²) in [5, 5.41) is 3.84. The van der Waals surface area contributed by atoms with Crippen LogP contribution < -0.4 is 0 Å². The Bertz CT molecular complexity index is 653. The maximum atomic E-state index is 12.6. The number of benzene rings is 1. The van der Waals surface area contributed by atoms with E-state index in [1.165, 1.54) is 5.56 Å². The highest BCUT2D eigenvalue weighted by Crippen LogP contribution is 2.24. The van der Waals surface area contributed by atoms with Gasteiger partial charge in [0.1, 0.15) is 5.76 Å². The number of carbonyl (C=O) groups excluding carboxylic acids is 1. The van der Waals surface area contributed by atoms with Crippen molar-refractivity contribution in [3.8, 4) is 0 Å². The first-order valence-corrected chi connectivity index (χ1v) is 7.96. The molecule has 5 nitrogen and oxygen atoms in total.